The van der Waals surface area contributed by atoms with Crippen molar-refractivity contribution in [2.75, 3.05) is 13.1 Å². The molecule has 0 saturated carbocycles. The number of carbonyl (C=O) groups is 3. The van der Waals surface area contributed by atoms with Crippen molar-refractivity contribution in [3.63, 3.8) is 0 Å². The van der Waals surface area contributed by atoms with Crippen LogP contribution in [0.1, 0.15) is 6.42 Å². The van der Waals surface area contributed by atoms with E-state index in [1.807, 2.05) is 54.6 Å². The lowest BCUT2D eigenvalue weighted by Gasteiger charge is -2.11. The molecule has 0 atom stereocenters. The average molecular weight is 379 g/mol. The van der Waals surface area contributed by atoms with Crippen LogP contribution >= 0.6 is 0 Å². The summed E-state index contributed by atoms with van der Waals surface area (Å²) in [7, 11) is 0. The topological polar surface area (TPSA) is 100 Å². The normalized spacial score (nSPS) is 10.6. The van der Waals surface area contributed by atoms with Crippen molar-refractivity contribution in [2.24, 2.45) is 0 Å². The van der Waals surface area contributed by atoms with E-state index in [1.54, 1.807) is 0 Å². The maximum atomic E-state index is 12.1. The van der Waals surface area contributed by atoms with Crippen LogP contribution in [0.5, 0.6) is 0 Å². The second-order valence-corrected chi connectivity index (χ2v) is 6.30. The van der Waals surface area contributed by atoms with Gasteiger partial charge in [0.25, 0.3) is 0 Å². The van der Waals surface area contributed by atoms with Crippen molar-refractivity contribution in [1.82, 2.24) is 15.2 Å². The van der Waals surface area contributed by atoms with E-state index >= 15 is 0 Å². The van der Waals surface area contributed by atoms with E-state index in [1.165, 1.54) is 0 Å². The Bertz CT molecular complexity index is 995. The molecule has 2 amide bonds. The molecule has 0 aliphatic rings. The van der Waals surface area contributed by atoms with Gasteiger partial charge in [-0.3, -0.25) is 14.4 Å². The predicted octanol–water partition coefficient (Wildman–Crippen LogP) is 2.02. The molecule has 0 radical (unpaired) electrons. The molecule has 0 aliphatic carbocycles. The van der Waals surface area contributed by atoms with Gasteiger partial charge in [0.15, 0.2) is 0 Å². The Morgan fingerprint density at radius 1 is 0.857 bits per heavy atom. The van der Waals surface area contributed by atoms with E-state index in [9.17, 15) is 14.4 Å². The molecule has 144 valence electrons. The highest BCUT2D eigenvalue weighted by Crippen LogP contribution is 2.28. The molecule has 0 saturated heterocycles. The highest BCUT2D eigenvalue weighted by Gasteiger charge is 2.12. The first-order valence-corrected chi connectivity index (χ1v) is 8.93. The van der Waals surface area contributed by atoms with E-state index in [4.69, 9.17) is 5.11 Å². The van der Waals surface area contributed by atoms with Gasteiger partial charge < -0.3 is 20.3 Å². The molecule has 3 rings (SSSR count). The van der Waals surface area contributed by atoms with Gasteiger partial charge in [0.05, 0.1) is 6.54 Å². The molecule has 7 heteroatoms. The number of para-hydroxylation sites is 1. The number of carboxylic acids is 1. The molecule has 3 N–H and O–H groups in total. The van der Waals surface area contributed by atoms with E-state index in [0.29, 0.717) is 6.54 Å². The average Bonchev–Trinajstić information content (AvgIpc) is 3.08. The summed E-state index contributed by atoms with van der Waals surface area (Å²) in [6, 6.07) is 20.0. The van der Waals surface area contributed by atoms with Gasteiger partial charge >= 0.3 is 5.97 Å². The number of aliphatic carboxylic acids is 1. The summed E-state index contributed by atoms with van der Waals surface area (Å²) in [6.45, 7) is -0.255. The van der Waals surface area contributed by atoms with E-state index in [-0.39, 0.29) is 18.9 Å². The number of nitrogens with one attached hydrogen (secondary N) is 2. The molecule has 0 spiro atoms. The smallest absolute Gasteiger partial charge is 0.322 e. The number of aromatic nitrogens is 1. The van der Waals surface area contributed by atoms with Crippen molar-refractivity contribution in [3.05, 3.63) is 60.7 Å². The van der Waals surface area contributed by atoms with Gasteiger partial charge in [-0.15, -0.1) is 0 Å². The molecule has 0 aliphatic heterocycles. The quantitative estimate of drug-likeness (QED) is 0.557. The number of aryl methyl sites for hydroxylation is 1. The molecule has 0 unspecified atom stereocenters. The monoisotopic (exact) mass is 379 g/mol. The van der Waals surface area contributed by atoms with E-state index in [2.05, 4.69) is 21.3 Å². The number of carbonyl (C=O) groups excluding carboxylic acids is 2. The van der Waals surface area contributed by atoms with Gasteiger partial charge in [-0.25, -0.2) is 0 Å². The minimum atomic E-state index is -1.13. The summed E-state index contributed by atoms with van der Waals surface area (Å²) < 4.78 is 2.09. The minimum absolute atomic E-state index is 0.199. The maximum absolute atomic E-state index is 12.1. The Morgan fingerprint density at radius 2 is 1.54 bits per heavy atom. The molecule has 28 heavy (non-hydrogen) atoms. The van der Waals surface area contributed by atoms with Crippen LogP contribution in [0.15, 0.2) is 60.7 Å². The fourth-order valence-corrected chi connectivity index (χ4v) is 3.02. The summed E-state index contributed by atoms with van der Waals surface area (Å²) >= 11 is 0. The van der Waals surface area contributed by atoms with Crippen molar-refractivity contribution >= 4 is 28.7 Å². The molecule has 2 aromatic carbocycles. The number of benzene rings is 2. The number of hydrogen-bond donors (Lipinski definition) is 3. The number of rotatable bonds is 8. The Balaban J connectivity index is 1.68. The van der Waals surface area contributed by atoms with Gasteiger partial charge in [-0.05, 0) is 17.7 Å². The molecule has 0 fully saturated rings. The lowest BCUT2D eigenvalue weighted by Crippen LogP contribution is -2.39. The summed E-state index contributed by atoms with van der Waals surface area (Å²) in [6.07, 6.45) is 0.199. The Kier molecular flexibility index (Phi) is 6.06. The molecule has 7 nitrogen and oxygen atoms in total. The molecular weight excluding hydrogens is 358 g/mol. The second kappa shape index (κ2) is 8.85. The molecule has 1 heterocycles. The summed E-state index contributed by atoms with van der Waals surface area (Å²) in [5.41, 5.74) is 3.12. The van der Waals surface area contributed by atoms with Crippen LogP contribution < -0.4 is 10.6 Å². The second-order valence-electron chi connectivity index (χ2n) is 6.30. The lowest BCUT2D eigenvalue weighted by atomic mass is 10.1. The predicted molar refractivity (Wildman–Crippen MR) is 106 cm³/mol. The third kappa shape index (κ3) is 4.76. The summed E-state index contributed by atoms with van der Waals surface area (Å²) in [5.74, 6) is -1.94. The van der Waals surface area contributed by atoms with E-state index in [0.717, 1.165) is 22.2 Å². The van der Waals surface area contributed by atoms with Crippen molar-refractivity contribution in [3.8, 4) is 11.3 Å². The molecule has 1 aromatic heterocycles. The Labute approximate surface area is 162 Å². The number of hydrogen-bond acceptors (Lipinski definition) is 3. The summed E-state index contributed by atoms with van der Waals surface area (Å²) in [4.78, 5) is 34.1. The van der Waals surface area contributed by atoms with Crippen molar-refractivity contribution < 1.29 is 19.5 Å². The van der Waals surface area contributed by atoms with Crippen molar-refractivity contribution in [2.45, 2.75) is 13.0 Å². The first-order valence-electron chi connectivity index (χ1n) is 8.93. The maximum Gasteiger partial charge on any atom is 0.322 e. The number of nitrogens with zero attached hydrogens (tertiary/aromatic N) is 1. The highest BCUT2D eigenvalue weighted by molar-refractivity contribution is 5.88. The molecule has 3 aromatic rings. The zero-order chi connectivity index (χ0) is 19.9. The molecular formula is C21H21N3O4. The fourth-order valence-electron chi connectivity index (χ4n) is 3.02. The van der Waals surface area contributed by atoms with Gasteiger partial charge in [-0.1, -0.05) is 48.5 Å². The van der Waals surface area contributed by atoms with Crippen LogP contribution in [0, 0.1) is 0 Å². The zero-order valence-corrected chi connectivity index (χ0v) is 15.2. The fraction of sp³-hybridized carbons (Fsp3) is 0.190. The highest BCUT2D eigenvalue weighted by atomic mass is 16.4. The Hall–Kier alpha value is -3.61. The van der Waals surface area contributed by atoms with Gasteiger partial charge in [0.2, 0.25) is 11.8 Å². The third-order valence-electron chi connectivity index (χ3n) is 4.33. The lowest BCUT2D eigenvalue weighted by molar-refractivity contribution is -0.137. The first kappa shape index (κ1) is 19.2. The van der Waals surface area contributed by atoms with Crippen LogP contribution in [-0.2, 0) is 20.9 Å². The van der Waals surface area contributed by atoms with Crippen LogP contribution in [0.4, 0.5) is 0 Å². The third-order valence-corrected chi connectivity index (χ3v) is 4.33. The van der Waals surface area contributed by atoms with Gasteiger partial charge in [0.1, 0.15) is 6.54 Å². The summed E-state index contributed by atoms with van der Waals surface area (Å²) in [5, 5.41) is 14.3. The largest absolute Gasteiger partial charge is 0.480 e. The molecule has 0 bridgehead atoms. The SMILES string of the molecule is O=C(O)CNC(=O)CNC(=O)CCn1c(-c2ccccc2)cc2ccccc21. The van der Waals surface area contributed by atoms with Gasteiger partial charge in [0, 0.05) is 29.6 Å². The number of amides is 2. The zero-order valence-electron chi connectivity index (χ0n) is 15.2. The van der Waals surface area contributed by atoms with Crippen LogP contribution in [-0.4, -0.2) is 40.5 Å². The van der Waals surface area contributed by atoms with Crippen LogP contribution in [0.3, 0.4) is 0 Å². The number of carboxylic acid groups (broad SMARTS) is 1. The van der Waals surface area contributed by atoms with Gasteiger partial charge in [-0.2, -0.15) is 0 Å². The van der Waals surface area contributed by atoms with Crippen LogP contribution in [0.2, 0.25) is 0 Å². The first-order chi connectivity index (χ1) is 13.5. The van der Waals surface area contributed by atoms with E-state index < -0.39 is 18.4 Å². The van der Waals surface area contributed by atoms with Crippen molar-refractivity contribution in [1.29, 1.82) is 0 Å². The minimum Gasteiger partial charge on any atom is -0.480 e. The standard InChI is InChI=1S/C21H21N3O4/c25-19(22-13-20(26)23-14-21(27)28)10-11-24-17-9-5-4-8-16(17)12-18(24)15-6-2-1-3-7-15/h1-9,12H,10-11,13-14H2,(H,22,25)(H,23,26)(H,27,28). The Morgan fingerprint density at radius 3 is 2.29 bits per heavy atom. The number of fused-ring (bicyclic) bond motifs is 1. The van der Waals surface area contributed by atoms with Crippen LogP contribution in [0.25, 0.3) is 22.2 Å².